The van der Waals surface area contributed by atoms with E-state index >= 15 is 0 Å². The van der Waals surface area contributed by atoms with E-state index in [4.69, 9.17) is 9.47 Å². The Labute approximate surface area is 166 Å². The van der Waals surface area contributed by atoms with Crippen molar-refractivity contribution in [3.05, 3.63) is 33.2 Å². The molecule has 2 rings (SSSR count). The number of methoxy groups -OCH3 is 1. The Bertz CT molecular complexity index is 744. The standard InChI is InChI=1S/C18H24BrN3O3S/c1-18(2,3)12-7-8-14(13(19)10-12)25-9-5-6-15(23)20-17-22-21-16(26-17)11-24-4/h7-8,10H,5-6,9,11H2,1-4H3,(H,20,22,23). The molecule has 0 spiro atoms. The van der Waals surface area contributed by atoms with E-state index in [9.17, 15) is 4.79 Å². The summed E-state index contributed by atoms with van der Waals surface area (Å²) >= 11 is 4.86. The molecule has 0 saturated carbocycles. The molecule has 8 heteroatoms. The number of rotatable bonds is 8. The third kappa shape index (κ3) is 6.34. The normalized spacial score (nSPS) is 11.4. The Kier molecular flexibility index (Phi) is 7.55. The van der Waals surface area contributed by atoms with Crippen LogP contribution in [0.3, 0.4) is 0 Å². The first-order valence-electron chi connectivity index (χ1n) is 8.33. The smallest absolute Gasteiger partial charge is 0.226 e. The summed E-state index contributed by atoms with van der Waals surface area (Å²) in [5.74, 6) is 0.683. The fourth-order valence-electron chi connectivity index (χ4n) is 2.17. The number of ether oxygens (including phenoxy) is 2. The zero-order valence-corrected chi connectivity index (χ0v) is 17.9. The number of carbonyl (C=O) groups is 1. The summed E-state index contributed by atoms with van der Waals surface area (Å²) in [7, 11) is 1.59. The lowest BCUT2D eigenvalue weighted by molar-refractivity contribution is -0.116. The number of aromatic nitrogens is 2. The molecule has 0 atom stereocenters. The van der Waals surface area contributed by atoms with Crippen LogP contribution in [0.15, 0.2) is 22.7 Å². The van der Waals surface area contributed by atoms with Crippen LogP contribution in [0.4, 0.5) is 5.13 Å². The van der Waals surface area contributed by atoms with Crippen molar-refractivity contribution < 1.29 is 14.3 Å². The van der Waals surface area contributed by atoms with Gasteiger partial charge in [0, 0.05) is 13.5 Å². The van der Waals surface area contributed by atoms with Crippen LogP contribution in [-0.2, 0) is 21.6 Å². The molecule has 26 heavy (non-hydrogen) atoms. The molecule has 0 aliphatic heterocycles. The number of hydrogen-bond acceptors (Lipinski definition) is 6. The van der Waals surface area contributed by atoms with Gasteiger partial charge in [-0.25, -0.2) is 0 Å². The SMILES string of the molecule is COCc1nnc(NC(=O)CCCOc2ccc(C(C)(C)C)cc2Br)s1. The van der Waals surface area contributed by atoms with Crippen molar-refractivity contribution in [2.45, 2.75) is 45.6 Å². The summed E-state index contributed by atoms with van der Waals surface area (Å²) in [5, 5.41) is 11.8. The average molecular weight is 442 g/mol. The van der Waals surface area contributed by atoms with E-state index in [-0.39, 0.29) is 11.3 Å². The van der Waals surface area contributed by atoms with Crippen molar-refractivity contribution in [3.63, 3.8) is 0 Å². The Morgan fingerprint density at radius 1 is 1.31 bits per heavy atom. The molecule has 0 bridgehead atoms. The van der Waals surface area contributed by atoms with E-state index in [0.29, 0.717) is 31.2 Å². The minimum absolute atomic E-state index is 0.0902. The molecule has 0 unspecified atom stereocenters. The minimum atomic E-state index is -0.101. The van der Waals surface area contributed by atoms with Crippen molar-refractivity contribution in [2.24, 2.45) is 0 Å². The summed E-state index contributed by atoms with van der Waals surface area (Å²) < 4.78 is 11.7. The third-order valence-corrected chi connectivity index (χ3v) is 5.02. The maximum Gasteiger partial charge on any atom is 0.226 e. The lowest BCUT2D eigenvalue weighted by Crippen LogP contribution is -2.13. The van der Waals surface area contributed by atoms with Gasteiger partial charge >= 0.3 is 0 Å². The molecule has 6 nitrogen and oxygen atoms in total. The van der Waals surface area contributed by atoms with Crippen LogP contribution in [-0.4, -0.2) is 29.8 Å². The lowest BCUT2D eigenvalue weighted by Gasteiger charge is -2.20. The minimum Gasteiger partial charge on any atom is -0.492 e. The summed E-state index contributed by atoms with van der Waals surface area (Å²) in [4.78, 5) is 11.9. The van der Waals surface area contributed by atoms with Crippen molar-refractivity contribution in [3.8, 4) is 5.75 Å². The summed E-state index contributed by atoms with van der Waals surface area (Å²) in [6.07, 6.45) is 0.972. The Morgan fingerprint density at radius 2 is 2.08 bits per heavy atom. The molecular weight excluding hydrogens is 418 g/mol. The number of amides is 1. The molecule has 0 fully saturated rings. The predicted molar refractivity (Wildman–Crippen MR) is 107 cm³/mol. The van der Waals surface area contributed by atoms with Crippen LogP contribution in [0.1, 0.15) is 44.2 Å². The second kappa shape index (κ2) is 9.43. The molecule has 0 aliphatic rings. The summed E-state index contributed by atoms with van der Waals surface area (Å²) in [5.41, 5.74) is 1.33. The van der Waals surface area contributed by atoms with Gasteiger partial charge in [0.25, 0.3) is 0 Å². The molecule has 1 N–H and O–H groups in total. The summed E-state index contributed by atoms with van der Waals surface area (Å²) in [6.45, 7) is 7.37. The Hall–Kier alpha value is -1.51. The van der Waals surface area contributed by atoms with Gasteiger partial charge < -0.3 is 14.8 Å². The van der Waals surface area contributed by atoms with Gasteiger partial charge in [-0.3, -0.25) is 4.79 Å². The zero-order chi connectivity index (χ0) is 19.2. The molecule has 1 aromatic heterocycles. The molecule has 2 aromatic rings. The van der Waals surface area contributed by atoms with Crippen molar-refractivity contribution in [1.82, 2.24) is 10.2 Å². The Morgan fingerprint density at radius 3 is 2.73 bits per heavy atom. The van der Waals surface area contributed by atoms with Crippen LogP contribution in [0, 0.1) is 0 Å². The van der Waals surface area contributed by atoms with Crippen LogP contribution in [0.25, 0.3) is 0 Å². The second-order valence-corrected chi connectivity index (χ2v) is 8.75. The Balaban J connectivity index is 1.75. The first kappa shape index (κ1) is 20.8. The van der Waals surface area contributed by atoms with Gasteiger partial charge in [-0.1, -0.05) is 38.2 Å². The highest BCUT2D eigenvalue weighted by Gasteiger charge is 2.15. The highest BCUT2D eigenvalue weighted by molar-refractivity contribution is 9.10. The number of nitrogens with one attached hydrogen (secondary N) is 1. The van der Waals surface area contributed by atoms with Gasteiger partial charge in [-0.2, -0.15) is 0 Å². The van der Waals surface area contributed by atoms with E-state index in [1.807, 2.05) is 6.07 Å². The monoisotopic (exact) mass is 441 g/mol. The number of halogens is 1. The maximum atomic E-state index is 11.9. The molecule has 0 aliphatic carbocycles. The largest absolute Gasteiger partial charge is 0.492 e. The molecule has 1 amide bonds. The van der Waals surface area contributed by atoms with Gasteiger partial charge in [0.05, 0.1) is 11.1 Å². The van der Waals surface area contributed by atoms with Crippen LogP contribution < -0.4 is 10.1 Å². The van der Waals surface area contributed by atoms with Gasteiger partial charge in [0.2, 0.25) is 11.0 Å². The average Bonchev–Trinajstić information content (AvgIpc) is 2.99. The highest BCUT2D eigenvalue weighted by Crippen LogP contribution is 2.31. The predicted octanol–water partition coefficient (Wildman–Crippen LogP) is 4.54. The van der Waals surface area contributed by atoms with Gasteiger partial charge in [-0.15, -0.1) is 10.2 Å². The molecule has 0 radical (unpaired) electrons. The number of nitrogens with zero attached hydrogens (tertiary/aromatic N) is 2. The number of carbonyl (C=O) groups excluding carboxylic acids is 1. The second-order valence-electron chi connectivity index (χ2n) is 6.83. The first-order chi connectivity index (χ1) is 12.3. The van der Waals surface area contributed by atoms with Crippen LogP contribution in [0.2, 0.25) is 0 Å². The van der Waals surface area contributed by atoms with Crippen molar-refractivity contribution in [1.29, 1.82) is 0 Å². The van der Waals surface area contributed by atoms with Crippen LogP contribution >= 0.6 is 27.3 Å². The van der Waals surface area contributed by atoms with E-state index in [1.165, 1.54) is 16.9 Å². The fourth-order valence-corrected chi connectivity index (χ4v) is 3.39. The topological polar surface area (TPSA) is 73.3 Å². The molecule has 142 valence electrons. The van der Waals surface area contributed by atoms with Gasteiger partial charge in [0.1, 0.15) is 17.4 Å². The van der Waals surface area contributed by atoms with Crippen molar-refractivity contribution >= 4 is 38.3 Å². The first-order valence-corrected chi connectivity index (χ1v) is 9.94. The van der Waals surface area contributed by atoms with E-state index in [2.05, 4.69) is 64.3 Å². The van der Waals surface area contributed by atoms with Gasteiger partial charge in [0.15, 0.2) is 0 Å². The maximum absolute atomic E-state index is 11.9. The highest BCUT2D eigenvalue weighted by atomic mass is 79.9. The van der Waals surface area contributed by atoms with E-state index < -0.39 is 0 Å². The van der Waals surface area contributed by atoms with Crippen molar-refractivity contribution in [2.75, 3.05) is 19.0 Å². The molecule has 1 aromatic carbocycles. The molecule has 0 saturated heterocycles. The fraction of sp³-hybridized carbons (Fsp3) is 0.500. The molecular formula is C18H24BrN3O3S. The zero-order valence-electron chi connectivity index (χ0n) is 15.5. The summed E-state index contributed by atoms with van der Waals surface area (Å²) in [6, 6.07) is 6.11. The van der Waals surface area contributed by atoms with Gasteiger partial charge in [-0.05, 0) is 45.5 Å². The number of benzene rings is 1. The quantitative estimate of drug-likeness (QED) is 0.608. The van der Waals surface area contributed by atoms with E-state index in [0.717, 1.165) is 15.2 Å². The van der Waals surface area contributed by atoms with Crippen LogP contribution in [0.5, 0.6) is 5.75 Å². The lowest BCUT2D eigenvalue weighted by atomic mass is 9.87. The molecule has 1 heterocycles. The number of hydrogen-bond donors (Lipinski definition) is 1. The number of anilines is 1. The third-order valence-electron chi connectivity index (χ3n) is 3.58. The van der Waals surface area contributed by atoms with E-state index in [1.54, 1.807) is 7.11 Å².